The van der Waals surface area contributed by atoms with Crippen molar-refractivity contribution in [1.29, 1.82) is 0 Å². The lowest BCUT2D eigenvalue weighted by Gasteiger charge is -2.27. The number of ether oxygens (including phenoxy) is 1. The Morgan fingerprint density at radius 3 is 2.19 bits per heavy atom. The number of fused-ring (bicyclic) bond motifs is 1. The van der Waals surface area contributed by atoms with Gasteiger partial charge in [-0.3, -0.25) is 4.79 Å². The van der Waals surface area contributed by atoms with Crippen LogP contribution in [0.2, 0.25) is 0 Å². The molecule has 0 saturated carbocycles. The molecule has 2 aromatic carbocycles. The van der Waals surface area contributed by atoms with E-state index in [1.54, 1.807) is 6.07 Å². The molecule has 1 N–H and O–H groups in total. The molecule has 4 aromatic rings. The van der Waals surface area contributed by atoms with Crippen molar-refractivity contribution in [2.75, 3.05) is 26.3 Å². The molecule has 0 unspecified atom stereocenters. The summed E-state index contributed by atoms with van der Waals surface area (Å²) >= 11 is 1.25. The highest BCUT2D eigenvalue weighted by atomic mass is 32.1. The highest BCUT2D eigenvalue weighted by molar-refractivity contribution is 7.21. The monoisotopic (exact) mass is 446 g/mol. The summed E-state index contributed by atoms with van der Waals surface area (Å²) < 4.78 is 8.25. The normalized spacial score (nSPS) is 14.1. The van der Waals surface area contributed by atoms with E-state index in [1.165, 1.54) is 11.3 Å². The van der Waals surface area contributed by atoms with Crippen LogP contribution in [0.4, 0.5) is 0 Å². The lowest BCUT2D eigenvalue weighted by molar-refractivity contribution is -0.135. The zero-order valence-electron chi connectivity index (χ0n) is 17.4. The van der Waals surface area contributed by atoms with E-state index in [0.29, 0.717) is 26.3 Å². The maximum absolute atomic E-state index is 13.2. The van der Waals surface area contributed by atoms with E-state index in [2.05, 4.69) is 0 Å². The third-order valence-electron chi connectivity index (χ3n) is 5.71. The van der Waals surface area contributed by atoms with Gasteiger partial charge in [0.1, 0.15) is 11.4 Å². The van der Waals surface area contributed by atoms with E-state index in [9.17, 15) is 14.7 Å². The predicted octanol–water partition coefficient (Wildman–Crippen LogP) is 4.59. The minimum absolute atomic E-state index is 0.00469. The van der Waals surface area contributed by atoms with E-state index >= 15 is 0 Å². The second-order valence-corrected chi connectivity index (χ2v) is 8.72. The van der Waals surface area contributed by atoms with Crippen molar-refractivity contribution in [2.45, 2.75) is 6.54 Å². The quantitative estimate of drug-likeness (QED) is 0.487. The van der Waals surface area contributed by atoms with E-state index in [0.717, 1.165) is 32.6 Å². The molecular formula is C25H22N2O4S. The molecule has 6 nitrogen and oxygen atoms in total. The number of rotatable bonds is 5. The molecule has 0 radical (unpaired) electrons. The number of nitrogens with zero attached hydrogens (tertiary/aromatic N) is 2. The van der Waals surface area contributed by atoms with Crippen LogP contribution in [0.25, 0.3) is 32.6 Å². The van der Waals surface area contributed by atoms with Crippen molar-refractivity contribution >= 4 is 33.4 Å². The van der Waals surface area contributed by atoms with Crippen LogP contribution in [-0.2, 0) is 16.1 Å². The summed E-state index contributed by atoms with van der Waals surface area (Å²) in [7, 11) is 0. The number of carboxylic acids is 1. The van der Waals surface area contributed by atoms with Gasteiger partial charge in [0.2, 0.25) is 5.91 Å². The first-order valence-electron chi connectivity index (χ1n) is 10.5. The van der Waals surface area contributed by atoms with Gasteiger partial charge < -0.3 is 19.3 Å². The number of amides is 1. The van der Waals surface area contributed by atoms with Gasteiger partial charge >= 0.3 is 5.97 Å². The molecule has 1 saturated heterocycles. The number of aromatic nitrogens is 1. The van der Waals surface area contributed by atoms with Gasteiger partial charge in [-0.15, -0.1) is 11.3 Å². The van der Waals surface area contributed by atoms with Crippen LogP contribution in [0.3, 0.4) is 0 Å². The van der Waals surface area contributed by atoms with Crippen molar-refractivity contribution < 1.29 is 19.4 Å². The first-order chi connectivity index (χ1) is 15.6. The topological polar surface area (TPSA) is 71.8 Å². The molecule has 32 heavy (non-hydrogen) atoms. The van der Waals surface area contributed by atoms with E-state index in [-0.39, 0.29) is 17.3 Å². The fraction of sp³-hybridized carbons (Fsp3) is 0.200. The van der Waals surface area contributed by atoms with Crippen LogP contribution in [0, 0.1) is 0 Å². The molecule has 3 heterocycles. The number of benzene rings is 2. The Hall–Kier alpha value is -3.42. The number of hydrogen-bond acceptors (Lipinski definition) is 4. The molecule has 1 aliphatic rings. The largest absolute Gasteiger partial charge is 0.477 e. The first-order valence-corrected chi connectivity index (χ1v) is 11.3. The number of carboxylic acid groups (broad SMARTS) is 1. The highest BCUT2D eigenvalue weighted by Gasteiger charge is 2.26. The van der Waals surface area contributed by atoms with Gasteiger partial charge in [0.15, 0.2) is 0 Å². The minimum Gasteiger partial charge on any atom is -0.477 e. The molecule has 1 fully saturated rings. The fourth-order valence-electron chi connectivity index (χ4n) is 4.21. The van der Waals surface area contributed by atoms with E-state index in [1.807, 2.05) is 70.1 Å². The van der Waals surface area contributed by atoms with Crippen LogP contribution in [-0.4, -0.2) is 52.8 Å². The number of hydrogen-bond donors (Lipinski definition) is 1. The zero-order chi connectivity index (χ0) is 22.1. The second-order valence-electron chi connectivity index (χ2n) is 7.67. The molecular weight excluding hydrogens is 424 g/mol. The molecule has 7 heteroatoms. The number of carbonyl (C=O) groups excluding carboxylic acids is 1. The number of morpholine rings is 1. The molecule has 5 rings (SSSR count). The SMILES string of the molecule is O=C(O)c1cc2c(s1)c(-c1ccccc1)c(-c1ccccc1)n2CC(=O)N1CCOCC1. The molecule has 0 spiro atoms. The van der Waals surface area contributed by atoms with Crippen molar-refractivity contribution in [3.8, 4) is 22.4 Å². The Labute approximate surface area is 189 Å². The van der Waals surface area contributed by atoms with Crippen molar-refractivity contribution in [1.82, 2.24) is 9.47 Å². The third-order valence-corrected chi connectivity index (χ3v) is 6.84. The Bertz CT molecular complexity index is 1270. The summed E-state index contributed by atoms with van der Waals surface area (Å²) in [4.78, 5) is 27.1. The lowest BCUT2D eigenvalue weighted by atomic mass is 10.0. The average molecular weight is 447 g/mol. The first kappa shape index (κ1) is 20.5. The van der Waals surface area contributed by atoms with E-state index < -0.39 is 5.97 Å². The maximum Gasteiger partial charge on any atom is 0.345 e. The maximum atomic E-state index is 13.2. The highest BCUT2D eigenvalue weighted by Crippen LogP contribution is 2.44. The minimum atomic E-state index is -0.961. The molecule has 2 aromatic heterocycles. The summed E-state index contributed by atoms with van der Waals surface area (Å²) in [5, 5.41) is 9.64. The standard InChI is InChI=1S/C25H22N2O4S/c28-21(26-11-13-31-14-12-26)16-27-19-15-20(25(29)30)32-24(19)22(17-7-3-1-4-8-17)23(27)18-9-5-2-6-10-18/h1-10,15H,11-14,16H2,(H,29,30). The average Bonchev–Trinajstić information content (AvgIpc) is 3.39. The molecule has 162 valence electrons. The van der Waals surface area contributed by atoms with Gasteiger partial charge in [-0.2, -0.15) is 0 Å². The predicted molar refractivity (Wildman–Crippen MR) is 125 cm³/mol. The second kappa shape index (κ2) is 8.61. The van der Waals surface area contributed by atoms with E-state index in [4.69, 9.17) is 4.74 Å². The smallest absolute Gasteiger partial charge is 0.345 e. The Kier molecular flexibility index (Phi) is 5.51. The number of thiophene rings is 1. The Balaban J connectivity index is 1.74. The molecule has 1 amide bonds. The van der Waals surface area contributed by atoms with Crippen molar-refractivity contribution in [3.05, 3.63) is 71.6 Å². The molecule has 0 atom stereocenters. The summed E-state index contributed by atoms with van der Waals surface area (Å²) in [6, 6.07) is 21.6. The third kappa shape index (κ3) is 3.70. The zero-order valence-corrected chi connectivity index (χ0v) is 18.2. The van der Waals surface area contributed by atoms with Crippen LogP contribution >= 0.6 is 11.3 Å². The number of carbonyl (C=O) groups is 2. The van der Waals surface area contributed by atoms with Gasteiger partial charge in [-0.05, 0) is 17.2 Å². The summed E-state index contributed by atoms with van der Waals surface area (Å²) in [5.41, 5.74) is 4.64. The van der Waals surface area contributed by atoms with Crippen molar-refractivity contribution in [2.24, 2.45) is 0 Å². The summed E-state index contributed by atoms with van der Waals surface area (Å²) in [6.07, 6.45) is 0. The van der Waals surface area contributed by atoms with Gasteiger partial charge in [0.25, 0.3) is 0 Å². The van der Waals surface area contributed by atoms with Gasteiger partial charge in [-0.25, -0.2) is 4.79 Å². The summed E-state index contributed by atoms with van der Waals surface area (Å²) in [5.74, 6) is -0.956. The van der Waals surface area contributed by atoms with Gasteiger partial charge in [-0.1, -0.05) is 60.7 Å². The van der Waals surface area contributed by atoms with Crippen LogP contribution in [0.15, 0.2) is 66.7 Å². The van der Waals surface area contributed by atoms with Crippen LogP contribution in [0.5, 0.6) is 0 Å². The fourth-order valence-corrected chi connectivity index (χ4v) is 5.28. The number of aromatic carboxylic acids is 1. The lowest BCUT2D eigenvalue weighted by Crippen LogP contribution is -2.42. The van der Waals surface area contributed by atoms with Crippen LogP contribution < -0.4 is 0 Å². The van der Waals surface area contributed by atoms with Gasteiger partial charge in [0.05, 0.1) is 29.1 Å². The molecule has 1 aliphatic heterocycles. The molecule has 0 bridgehead atoms. The van der Waals surface area contributed by atoms with Gasteiger partial charge in [0, 0.05) is 18.7 Å². The Morgan fingerprint density at radius 1 is 0.938 bits per heavy atom. The molecule has 0 aliphatic carbocycles. The Morgan fingerprint density at radius 2 is 1.56 bits per heavy atom. The summed E-state index contributed by atoms with van der Waals surface area (Å²) in [6.45, 7) is 2.35. The van der Waals surface area contributed by atoms with Crippen molar-refractivity contribution in [3.63, 3.8) is 0 Å². The van der Waals surface area contributed by atoms with Crippen LogP contribution in [0.1, 0.15) is 9.67 Å².